The quantitative estimate of drug-likeness (QED) is 0.681. The number of hydrogen-bond donors (Lipinski definition) is 3. The van der Waals surface area contributed by atoms with E-state index in [1.807, 2.05) is 18.3 Å². The van der Waals surface area contributed by atoms with Gasteiger partial charge in [0.05, 0.1) is 12.2 Å². The van der Waals surface area contributed by atoms with Crippen LogP contribution in [0, 0.1) is 0 Å². The predicted molar refractivity (Wildman–Crippen MR) is 104 cm³/mol. The Hall–Kier alpha value is -1.81. The maximum absolute atomic E-state index is 12.2. The van der Waals surface area contributed by atoms with E-state index in [-0.39, 0.29) is 11.9 Å². The molecule has 0 aliphatic carbocycles. The molecule has 3 N–H and O–H groups in total. The van der Waals surface area contributed by atoms with Crippen molar-refractivity contribution in [2.75, 3.05) is 25.0 Å². The van der Waals surface area contributed by atoms with Crippen LogP contribution in [0.4, 0.5) is 5.13 Å². The first-order valence-corrected chi connectivity index (χ1v) is 12.6. The Kier molecular flexibility index (Phi) is 5.47. The summed E-state index contributed by atoms with van der Waals surface area (Å²) < 4.78 is 5.78. The lowest BCUT2D eigenvalue weighted by atomic mass is 10.2. The molecule has 1 atom stereocenters. The smallest absolute Gasteiger partial charge is 0.244 e. The number of piperazine rings is 1. The predicted octanol–water partition coefficient (Wildman–Crippen LogP) is 1.35. The van der Waals surface area contributed by atoms with Crippen molar-refractivity contribution in [3.05, 3.63) is 23.2 Å². The number of nitrogens with zero attached hydrogens (tertiary/aromatic N) is 2. The van der Waals surface area contributed by atoms with Crippen molar-refractivity contribution < 1.29 is 9.21 Å². The van der Waals surface area contributed by atoms with Crippen LogP contribution in [0.1, 0.15) is 10.8 Å². The summed E-state index contributed by atoms with van der Waals surface area (Å²) in [6.45, 7) is 8.96. The fourth-order valence-corrected chi connectivity index (χ4v) is 3.90. The average molecular weight is 378 g/mol. The number of carbonyl (C=O) groups excluding carboxylic acids is 1. The standard InChI is InChI=1S/C16H23N5O2SSi/c1-25(2,3)14-10-19-13(23-14)5-4-11-8-20-16(24-11)21-15(22)12-9-17-6-7-18-12/h4-5,8,10,12,17-18H,6-7,9H2,1-3H3,(H,20,21,22)/b5-4+. The average Bonchev–Trinajstić information content (AvgIpc) is 3.22. The molecule has 2 aromatic rings. The Bertz CT molecular complexity index is 759. The minimum absolute atomic E-state index is 0.0652. The Labute approximate surface area is 152 Å². The van der Waals surface area contributed by atoms with Crippen molar-refractivity contribution in [3.8, 4) is 0 Å². The number of aromatic nitrogens is 2. The molecule has 1 amide bonds. The van der Waals surface area contributed by atoms with E-state index in [0.29, 0.717) is 17.6 Å². The summed E-state index contributed by atoms with van der Waals surface area (Å²) in [5.41, 5.74) is 0. The molecule has 0 aromatic carbocycles. The minimum Gasteiger partial charge on any atom is -0.447 e. The maximum Gasteiger partial charge on any atom is 0.244 e. The maximum atomic E-state index is 12.2. The molecule has 2 aromatic heterocycles. The van der Waals surface area contributed by atoms with Gasteiger partial charge < -0.3 is 20.4 Å². The number of thiazole rings is 1. The van der Waals surface area contributed by atoms with Crippen molar-refractivity contribution in [2.45, 2.75) is 25.7 Å². The Morgan fingerprint density at radius 1 is 1.32 bits per heavy atom. The fraction of sp³-hybridized carbons (Fsp3) is 0.438. The molecule has 3 heterocycles. The highest BCUT2D eigenvalue weighted by atomic mass is 32.1. The van der Waals surface area contributed by atoms with Gasteiger partial charge >= 0.3 is 0 Å². The molecule has 7 nitrogen and oxygen atoms in total. The molecule has 0 spiro atoms. The van der Waals surface area contributed by atoms with Crippen LogP contribution < -0.4 is 21.3 Å². The number of hydrogen-bond acceptors (Lipinski definition) is 7. The minimum atomic E-state index is -1.48. The van der Waals surface area contributed by atoms with Gasteiger partial charge in [-0.2, -0.15) is 0 Å². The summed E-state index contributed by atoms with van der Waals surface area (Å²) >= 11 is 1.42. The summed E-state index contributed by atoms with van der Waals surface area (Å²) in [4.78, 5) is 21.6. The number of nitrogens with one attached hydrogen (secondary N) is 3. The molecule has 1 aliphatic heterocycles. The van der Waals surface area contributed by atoms with Crippen LogP contribution in [0.25, 0.3) is 12.2 Å². The zero-order chi connectivity index (χ0) is 17.9. The molecule has 0 saturated carbocycles. The largest absolute Gasteiger partial charge is 0.447 e. The molecular formula is C16H23N5O2SSi. The number of anilines is 1. The van der Waals surface area contributed by atoms with Crippen molar-refractivity contribution in [3.63, 3.8) is 0 Å². The van der Waals surface area contributed by atoms with Crippen LogP contribution in [-0.2, 0) is 4.79 Å². The number of oxazole rings is 1. The fourth-order valence-electron chi connectivity index (χ4n) is 2.32. The zero-order valence-electron chi connectivity index (χ0n) is 14.6. The lowest BCUT2D eigenvalue weighted by Crippen LogP contribution is -2.54. The highest BCUT2D eigenvalue weighted by Crippen LogP contribution is 2.20. The summed E-state index contributed by atoms with van der Waals surface area (Å²) in [6.07, 6.45) is 7.27. The third kappa shape index (κ3) is 4.85. The third-order valence-corrected chi connectivity index (χ3v) is 6.35. The van der Waals surface area contributed by atoms with E-state index in [0.717, 1.165) is 23.4 Å². The first kappa shape index (κ1) is 18.0. The van der Waals surface area contributed by atoms with Gasteiger partial charge in [-0.25, -0.2) is 9.97 Å². The van der Waals surface area contributed by atoms with Crippen molar-refractivity contribution in [1.82, 2.24) is 20.6 Å². The van der Waals surface area contributed by atoms with Gasteiger partial charge in [-0.1, -0.05) is 31.0 Å². The zero-order valence-corrected chi connectivity index (χ0v) is 16.4. The van der Waals surface area contributed by atoms with Gasteiger partial charge in [0, 0.05) is 36.8 Å². The van der Waals surface area contributed by atoms with Gasteiger partial charge in [-0.3, -0.25) is 4.79 Å². The summed E-state index contributed by atoms with van der Waals surface area (Å²) in [5, 5.41) is 10.8. The highest BCUT2D eigenvalue weighted by Gasteiger charge is 2.22. The third-order valence-electron chi connectivity index (χ3n) is 3.76. The second kappa shape index (κ2) is 7.61. The van der Waals surface area contributed by atoms with Crippen LogP contribution in [0.3, 0.4) is 0 Å². The first-order chi connectivity index (χ1) is 11.9. The van der Waals surface area contributed by atoms with E-state index in [4.69, 9.17) is 4.42 Å². The normalized spacial score (nSPS) is 18.6. The van der Waals surface area contributed by atoms with Crippen LogP contribution >= 0.6 is 11.3 Å². The topological polar surface area (TPSA) is 92.1 Å². The Balaban J connectivity index is 1.59. The molecule has 9 heteroatoms. The molecule has 3 rings (SSSR count). The van der Waals surface area contributed by atoms with Gasteiger partial charge in [0.15, 0.2) is 5.13 Å². The first-order valence-electron chi connectivity index (χ1n) is 8.27. The Morgan fingerprint density at radius 2 is 2.16 bits per heavy atom. The molecular weight excluding hydrogens is 354 g/mol. The monoisotopic (exact) mass is 377 g/mol. The van der Waals surface area contributed by atoms with Crippen molar-refractivity contribution >= 4 is 48.0 Å². The van der Waals surface area contributed by atoms with Gasteiger partial charge in [0.25, 0.3) is 0 Å². The highest BCUT2D eigenvalue weighted by molar-refractivity contribution is 7.16. The van der Waals surface area contributed by atoms with E-state index in [1.165, 1.54) is 11.3 Å². The van der Waals surface area contributed by atoms with E-state index in [9.17, 15) is 4.79 Å². The number of rotatable bonds is 5. The molecule has 0 radical (unpaired) electrons. The van der Waals surface area contributed by atoms with Gasteiger partial charge in [-0.05, 0) is 6.08 Å². The molecule has 1 fully saturated rings. The van der Waals surface area contributed by atoms with Gasteiger partial charge in [0.2, 0.25) is 11.8 Å². The SMILES string of the molecule is C[Si](C)(C)c1cnc(/C=C/c2cnc(NC(=O)C3CNCCN3)s2)o1. The van der Waals surface area contributed by atoms with Gasteiger partial charge in [-0.15, -0.1) is 0 Å². The van der Waals surface area contributed by atoms with Crippen molar-refractivity contribution in [1.29, 1.82) is 0 Å². The second-order valence-electron chi connectivity index (χ2n) is 6.91. The second-order valence-corrected chi connectivity index (χ2v) is 13.0. The Morgan fingerprint density at radius 3 is 2.84 bits per heavy atom. The van der Waals surface area contributed by atoms with E-state index in [2.05, 4.69) is 45.6 Å². The van der Waals surface area contributed by atoms with Crippen LogP contribution in [0.15, 0.2) is 16.8 Å². The lowest BCUT2D eigenvalue weighted by molar-refractivity contribution is -0.118. The van der Waals surface area contributed by atoms with Crippen LogP contribution in [-0.4, -0.2) is 49.6 Å². The van der Waals surface area contributed by atoms with Crippen LogP contribution in [0.2, 0.25) is 19.6 Å². The summed E-state index contributed by atoms with van der Waals surface area (Å²) in [6, 6.07) is -0.219. The van der Waals surface area contributed by atoms with Crippen molar-refractivity contribution in [2.24, 2.45) is 0 Å². The molecule has 25 heavy (non-hydrogen) atoms. The molecule has 0 bridgehead atoms. The molecule has 1 aliphatic rings. The number of carbonyl (C=O) groups is 1. The van der Waals surface area contributed by atoms with E-state index in [1.54, 1.807) is 6.20 Å². The van der Waals surface area contributed by atoms with E-state index < -0.39 is 8.07 Å². The lowest BCUT2D eigenvalue weighted by Gasteiger charge is -2.22. The number of amides is 1. The summed E-state index contributed by atoms with van der Waals surface area (Å²) in [5.74, 6) is 0.526. The van der Waals surface area contributed by atoms with Gasteiger partial charge in [0.1, 0.15) is 13.5 Å². The molecule has 1 unspecified atom stereocenters. The van der Waals surface area contributed by atoms with E-state index >= 15 is 0 Å². The molecule has 1 saturated heterocycles. The summed E-state index contributed by atoms with van der Waals surface area (Å²) in [7, 11) is -1.48. The molecule has 134 valence electrons. The van der Waals surface area contributed by atoms with Crippen LogP contribution in [0.5, 0.6) is 0 Å².